The van der Waals surface area contributed by atoms with E-state index in [1.807, 2.05) is 49.4 Å². The third-order valence-corrected chi connectivity index (χ3v) is 5.75. The lowest BCUT2D eigenvalue weighted by Gasteiger charge is -2.26. The molecule has 1 saturated heterocycles. The molecule has 3 aromatic rings. The molecule has 4 rings (SSSR count). The molecule has 0 spiro atoms. The molecule has 158 valence electrons. The molecule has 1 aliphatic heterocycles. The van der Waals surface area contributed by atoms with Crippen molar-refractivity contribution in [3.63, 3.8) is 0 Å². The van der Waals surface area contributed by atoms with E-state index < -0.39 is 0 Å². The number of piperidine rings is 1. The van der Waals surface area contributed by atoms with Crippen LogP contribution in [0.2, 0.25) is 0 Å². The summed E-state index contributed by atoms with van der Waals surface area (Å²) in [5.41, 5.74) is 3.88. The zero-order chi connectivity index (χ0) is 20.9. The normalized spacial score (nSPS) is 14.7. The van der Waals surface area contributed by atoms with E-state index in [2.05, 4.69) is 21.8 Å². The number of rotatable bonds is 7. The molecule has 1 amide bonds. The van der Waals surface area contributed by atoms with Gasteiger partial charge in [-0.3, -0.25) is 4.79 Å². The van der Waals surface area contributed by atoms with Crippen LogP contribution in [-0.2, 0) is 18.3 Å². The number of benzene rings is 2. The van der Waals surface area contributed by atoms with E-state index in [0.29, 0.717) is 5.75 Å². The second-order valence-corrected chi connectivity index (χ2v) is 8.09. The maximum atomic E-state index is 12.3. The molecule has 6 heteroatoms. The highest BCUT2D eigenvalue weighted by molar-refractivity contribution is 5.94. The van der Waals surface area contributed by atoms with Crippen molar-refractivity contribution in [2.24, 2.45) is 7.05 Å². The van der Waals surface area contributed by atoms with Gasteiger partial charge in [0.15, 0.2) is 6.61 Å². The predicted octanol–water partition coefficient (Wildman–Crippen LogP) is 3.93. The van der Waals surface area contributed by atoms with Gasteiger partial charge >= 0.3 is 0 Å². The highest BCUT2D eigenvalue weighted by Crippen LogP contribution is 2.21. The summed E-state index contributed by atoms with van der Waals surface area (Å²) in [7, 11) is 2.06. The monoisotopic (exact) mass is 406 g/mol. The molecule has 0 saturated carbocycles. The predicted molar refractivity (Wildman–Crippen MR) is 120 cm³/mol. The number of amides is 1. The van der Waals surface area contributed by atoms with Crippen LogP contribution in [0.4, 0.5) is 5.69 Å². The van der Waals surface area contributed by atoms with E-state index in [0.717, 1.165) is 41.1 Å². The van der Waals surface area contributed by atoms with Crippen LogP contribution in [0.25, 0.3) is 11.0 Å². The van der Waals surface area contributed by atoms with Crippen molar-refractivity contribution in [3.8, 4) is 5.75 Å². The molecule has 2 heterocycles. The van der Waals surface area contributed by atoms with Gasteiger partial charge in [-0.05, 0) is 63.2 Å². The average molecular weight is 407 g/mol. The summed E-state index contributed by atoms with van der Waals surface area (Å²) in [5, 5.41) is 2.91. The van der Waals surface area contributed by atoms with Gasteiger partial charge in [-0.1, -0.05) is 24.1 Å². The highest BCUT2D eigenvalue weighted by Gasteiger charge is 2.13. The molecule has 1 aliphatic rings. The molecule has 1 N–H and O–H groups in total. The van der Waals surface area contributed by atoms with Gasteiger partial charge in [-0.25, -0.2) is 4.98 Å². The summed E-state index contributed by atoms with van der Waals surface area (Å²) in [6.07, 6.45) is 4.91. The van der Waals surface area contributed by atoms with Crippen LogP contribution < -0.4 is 10.1 Å². The van der Waals surface area contributed by atoms with Gasteiger partial charge in [-0.2, -0.15) is 0 Å². The first-order chi connectivity index (χ1) is 14.6. The van der Waals surface area contributed by atoms with Crippen LogP contribution in [0.1, 0.15) is 30.7 Å². The van der Waals surface area contributed by atoms with E-state index in [4.69, 9.17) is 9.72 Å². The van der Waals surface area contributed by atoms with Crippen LogP contribution in [0.5, 0.6) is 5.75 Å². The number of nitrogens with one attached hydrogen (secondary N) is 1. The Hall–Kier alpha value is -2.86. The lowest BCUT2D eigenvalue weighted by Crippen LogP contribution is -2.31. The van der Waals surface area contributed by atoms with Crippen LogP contribution in [0, 0.1) is 6.92 Å². The second kappa shape index (κ2) is 9.30. The summed E-state index contributed by atoms with van der Waals surface area (Å²) in [4.78, 5) is 19.6. The van der Waals surface area contributed by atoms with Gasteiger partial charge in [-0.15, -0.1) is 0 Å². The molecular formula is C24H30N4O2. The molecule has 0 radical (unpaired) electrons. The minimum atomic E-state index is -0.184. The van der Waals surface area contributed by atoms with Crippen molar-refractivity contribution in [2.75, 3.05) is 31.6 Å². The third kappa shape index (κ3) is 5.00. The van der Waals surface area contributed by atoms with Crippen molar-refractivity contribution in [2.45, 2.75) is 32.6 Å². The fourth-order valence-corrected chi connectivity index (χ4v) is 3.97. The number of ether oxygens (including phenoxy) is 1. The Morgan fingerprint density at radius 3 is 2.63 bits per heavy atom. The molecule has 0 bridgehead atoms. The van der Waals surface area contributed by atoms with Gasteiger partial charge in [0.25, 0.3) is 5.91 Å². The van der Waals surface area contributed by atoms with Crippen molar-refractivity contribution in [1.82, 2.24) is 14.5 Å². The number of nitrogens with zero attached hydrogens (tertiary/aromatic N) is 3. The Bertz CT molecular complexity index is 1000. The summed E-state index contributed by atoms with van der Waals surface area (Å²) in [6, 6.07) is 13.5. The molecule has 0 unspecified atom stereocenters. The lowest BCUT2D eigenvalue weighted by atomic mass is 10.1. The van der Waals surface area contributed by atoms with E-state index in [-0.39, 0.29) is 12.5 Å². The SMILES string of the molecule is Cc1ccc(OCC(=O)Nc2ccc3c(c2)nc(CCN2CCCCC2)n3C)cc1. The van der Waals surface area contributed by atoms with Gasteiger partial charge in [0, 0.05) is 25.7 Å². The Labute approximate surface area is 177 Å². The largest absolute Gasteiger partial charge is 0.484 e. The van der Waals surface area contributed by atoms with Crippen molar-refractivity contribution < 1.29 is 9.53 Å². The fraction of sp³-hybridized carbons (Fsp3) is 0.417. The number of hydrogen-bond acceptors (Lipinski definition) is 4. The first kappa shape index (κ1) is 20.4. The summed E-state index contributed by atoms with van der Waals surface area (Å²) in [5.74, 6) is 1.59. The topological polar surface area (TPSA) is 59.4 Å². The van der Waals surface area contributed by atoms with E-state index in [9.17, 15) is 4.79 Å². The Morgan fingerprint density at radius 2 is 1.87 bits per heavy atom. The smallest absolute Gasteiger partial charge is 0.262 e. The minimum absolute atomic E-state index is 0.0234. The van der Waals surface area contributed by atoms with Crippen molar-refractivity contribution in [1.29, 1.82) is 0 Å². The maximum Gasteiger partial charge on any atom is 0.262 e. The van der Waals surface area contributed by atoms with Crippen LogP contribution in [-0.4, -0.2) is 46.6 Å². The fourth-order valence-electron chi connectivity index (χ4n) is 3.97. The number of anilines is 1. The van der Waals surface area contributed by atoms with E-state index in [1.54, 1.807) is 0 Å². The molecule has 0 atom stereocenters. The zero-order valence-corrected chi connectivity index (χ0v) is 17.9. The van der Waals surface area contributed by atoms with Gasteiger partial charge in [0.1, 0.15) is 11.6 Å². The van der Waals surface area contributed by atoms with Gasteiger partial charge in [0.05, 0.1) is 11.0 Å². The Balaban J connectivity index is 1.36. The molecule has 0 aliphatic carbocycles. The lowest BCUT2D eigenvalue weighted by molar-refractivity contribution is -0.118. The maximum absolute atomic E-state index is 12.3. The summed E-state index contributed by atoms with van der Waals surface area (Å²) < 4.78 is 7.72. The van der Waals surface area contributed by atoms with Crippen molar-refractivity contribution in [3.05, 3.63) is 53.9 Å². The van der Waals surface area contributed by atoms with Crippen LogP contribution >= 0.6 is 0 Å². The van der Waals surface area contributed by atoms with Crippen LogP contribution in [0.3, 0.4) is 0 Å². The van der Waals surface area contributed by atoms with Crippen LogP contribution in [0.15, 0.2) is 42.5 Å². The molecule has 1 aromatic heterocycles. The number of carbonyl (C=O) groups excluding carboxylic acids is 1. The quantitative estimate of drug-likeness (QED) is 0.646. The first-order valence-electron chi connectivity index (χ1n) is 10.8. The zero-order valence-electron chi connectivity index (χ0n) is 17.9. The minimum Gasteiger partial charge on any atom is -0.484 e. The first-order valence-corrected chi connectivity index (χ1v) is 10.8. The molecular weight excluding hydrogens is 376 g/mol. The molecule has 1 fully saturated rings. The number of aryl methyl sites for hydroxylation is 2. The molecule has 6 nitrogen and oxygen atoms in total. The number of aromatic nitrogens is 2. The van der Waals surface area contributed by atoms with Crippen molar-refractivity contribution >= 4 is 22.6 Å². The van der Waals surface area contributed by atoms with E-state index >= 15 is 0 Å². The van der Waals surface area contributed by atoms with Gasteiger partial charge in [0.2, 0.25) is 0 Å². The number of hydrogen-bond donors (Lipinski definition) is 1. The third-order valence-electron chi connectivity index (χ3n) is 5.75. The second-order valence-electron chi connectivity index (χ2n) is 8.09. The Kier molecular flexibility index (Phi) is 6.33. The number of fused-ring (bicyclic) bond motifs is 1. The number of carbonyl (C=O) groups is 1. The standard InChI is InChI=1S/C24H30N4O2/c1-18-6-9-20(10-7-18)30-17-24(29)25-19-8-11-22-21(16-19)26-23(27(22)2)12-15-28-13-4-3-5-14-28/h6-11,16H,3-5,12-15,17H2,1-2H3,(H,25,29). The average Bonchev–Trinajstić information content (AvgIpc) is 3.07. The summed E-state index contributed by atoms with van der Waals surface area (Å²) >= 11 is 0. The molecule has 30 heavy (non-hydrogen) atoms. The summed E-state index contributed by atoms with van der Waals surface area (Å²) in [6.45, 7) is 5.44. The highest BCUT2D eigenvalue weighted by atomic mass is 16.5. The number of imidazole rings is 1. The number of likely N-dealkylation sites (tertiary alicyclic amines) is 1. The van der Waals surface area contributed by atoms with Gasteiger partial charge < -0.3 is 19.5 Å². The van der Waals surface area contributed by atoms with E-state index in [1.165, 1.54) is 32.4 Å². The molecule has 2 aromatic carbocycles. The Morgan fingerprint density at radius 1 is 1.10 bits per heavy atom.